The molecule has 6 heteroatoms. The molecule has 3 aromatic rings. The summed E-state index contributed by atoms with van der Waals surface area (Å²) in [4.78, 5) is 20.1. The van der Waals surface area contributed by atoms with Crippen LogP contribution in [0.5, 0.6) is 0 Å². The summed E-state index contributed by atoms with van der Waals surface area (Å²) in [6.07, 6.45) is 0. The van der Waals surface area contributed by atoms with E-state index in [2.05, 4.69) is 9.97 Å². The molecule has 0 saturated carbocycles. The SMILES string of the molecule is COC(=O)c1cccc(Sc2nc3ccccc3[nH]2)c1N. The smallest absolute Gasteiger partial charge is 0.339 e. The largest absolute Gasteiger partial charge is 0.465 e. The van der Waals surface area contributed by atoms with Crippen molar-refractivity contribution in [3.8, 4) is 0 Å². The molecule has 106 valence electrons. The van der Waals surface area contributed by atoms with Gasteiger partial charge in [0.25, 0.3) is 0 Å². The number of para-hydroxylation sites is 3. The maximum atomic E-state index is 11.6. The number of aromatic nitrogens is 2. The molecule has 5 nitrogen and oxygen atoms in total. The summed E-state index contributed by atoms with van der Waals surface area (Å²) >= 11 is 1.38. The normalized spacial score (nSPS) is 10.7. The highest BCUT2D eigenvalue weighted by Gasteiger charge is 2.14. The zero-order valence-electron chi connectivity index (χ0n) is 11.3. The van der Waals surface area contributed by atoms with E-state index in [0.717, 1.165) is 21.1 Å². The van der Waals surface area contributed by atoms with Crippen LogP contribution in [0.1, 0.15) is 10.4 Å². The Balaban J connectivity index is 1.96. The van der Waals surface area contributed by atoms with Crippen LogP contribution in [0.2, 0.25) is 0 Å². The van der Waals surface area contributed by atoms with E-state index in [-0.39, 0.29) is 0 Å². The molecular formula is C15H13N3O2S. The number of nitrogens with one attached hydrogen (secondary N) is 1. The number of nitrogens with two attached hydrogens (primary N) is 1. The monoisotopic (exact) mass is 299 g/mol. The molecule has 0 aliphatic carbocycles. The van der Waals surface area contributed by atoms with Crippen molar-refractivity contribution in [3.63, 3.8) is 0 Å². The predicted octanol–water partition coefficient (Wildman–Crippen LogP) is 3.08. The van der Waals surface area contributed by atoms with Crippen LogP contribution in [0, 0.1) is 0 Å². The molecule has 0 aliphatic rings. The third-order valence-electron chi connectivity index (χ3n) is 3.05. The predicted molar refractivity (Wildman–Crippen MR) is 82.4 cm³/mol. The highest BCUT2D eigenvalue weighted by molar-refractivity contribution is 7.99. The number of methoxy groups -OCH3 is 1. The Morgan fingerprint density at radius 2 is 2.05 bits per heavy atom. The molecule has 0 spiro atoms. The van der Waals surface area contributed by atoms with Crippen LogP contribution in [-0.2, 0) is 4.74 Å². The summed E-state index contributed by atoms with van der Waals surface area (Å²) in [5.74, 6) is -0.445. The van der Waals surface area contributed by atoms with E-state index in [1.54, 1.807) is 12.1 Å². The number of rotatable bonds is 3. The first-order valence-electron chi connectivity index (χ1n) is 6.28. The second-order valence-corrected chi connectivity index (χ2v) is 5.40. The lowest BCUT2D eigenvalue weighted by Gasteiger charge is -2.07. The standard InChI is InChI=1S/C15H13N3O2S/c1-20-14(19)9-5-4-8-12(13(9)16)21-15-17-10-6-2-3-7-11(10)18-15/h2-8H,16H2,1H3,(H,17,18). The van der Waals surface area contributed by atoms with Gasteiger partial charge >= 0.3 is 5.97 Å². The van der Waals surface area contributed by atoms with Crippen molar-refractivity contribution >= 4 is 34.5 Å². The van der Waals surface area contributed by atoms with Gasteiger partial charge in [-0.05, 0) is 36.0 Å². The van der Waals surface area contributed by atoms with Gasteiger partial charge in [0, 0.05) is 4.90 Å². The number of nitrogens with zero attached hydrogens (tertiary/aromatic N) is 1. The van der Waals surface area contributed by atoms with Crippen molar-refractivity contribution in [2.45, 2.75) is 10.1 Å². The van der Waals surface area contributed by atoms with Gasteiger partial charge in [-0.25, -0.2) is 9.78 Å². The molecule has 3 N–H and O–H groups in total. The van der Waals surface area contributed by atoms with E-state index >= 15 is 0 Å². The van der Waals surface area contributed by atoms with Crippen LogP contribution >= 0.6 is 11.8 Å². The molecule has 1 aromatic heterocycles. The second-order valence-electron chi connectivity index (χ2n) is 4.37. The highest BCUT2D eigenvalue weighted by Crippen LogP contribution is 2.33. The summed E-state index contributed by atoms with van der Waals surface area (Å²) in [7, 11) is 1.33. The lowest BCUT2D eigenvalue weighted by molar-refractivity contribution is 0.0601. The number of hydrogen-bond donors (Lipinski definition) is 2. The van der Waals surface area contributed by atoms with Gasteiger partial charge < -0.3 is 15.5 Å². The molecule has 21 heavy (non-hydrogen) atoms. The van der Waals surface area contributed by atoms with E-state index in [1.807, 2.05) is 30.3 Å². The fourth-order valence-corrected chi connectivity index (χ4v) is 2.88. The quantitative estimate of drug-likeness (QED) is 0.574. The molecule has 0 atom stereocenters. The number of ether oxygens (including phenoxy) is 1. The number of nitrogen functional groups attached to an aromatic ring is 1. The number of fused-ring (bicyclic) bond motifs is 1. The number of carbonyl (C=O) groups excluding carboxylic acids is 1. The van der Waals surface area contributed by atoms with Crippen molar-refractivity contribution in [3.05, 3.63) is 48.0 Å². The Bertz CT molecular complexity index is 781. The molecular weight excluding hydrogens is 286 g/mol. The number of esters is 1. The Morgan fingerprint density at radius 1 is 1.24 bits per heavy atom. The molecule has 0 unspecified atom stereocenters. The van der Waals surface area contributed by atoms with Crippen molar-refractivity contribution in [1.82, 2.24) is 9.97 Å². The van der Waals surface area contributed by atoms with E-state index in [1.165, 1.54) is 18.9 Å². The van der Waals surface area contributed by atoms with Gasteiger partial charge in [0.2, 0.25) is 0 Å². The highest BCUT2D eigenvalue weighted by atomic mass is 32.2. The second kappa shape index (κ2) is 5.49. The zero-order chi connectivity index (χ0) is 14.8. The Labute approximate surface area is 125 Å². The fourth-order valence-electron chi connectivity index (χ4n) is 2.00. The third kappa shape index (κ3) is 2.57. The molecule has 0 fully saturated rings. The first kappa shape index (κ1) is 13.5. The molecule has 1 heterocycles. The Kier molecular flexibility index (Phi) is 3.53. The van der Waals surface area contributed by atoms with Gasteiger partial charge in [-0.1, -0.05) is 18.2 Å². The minimum atomic E-state index is -0.445. The van der Waals surface area contributed by atoms with Crippen molar-refractivity contribution in [2.75, 3.05) is 12.8 Å². The number of imidazole rings is 1. The molecule has 0 bridgehead atoms. The Hall–Kier alpha value is -2.47. The van der Waals surface area contributed by atoms with Crippen LogP contribution in [-0.4, -0.2) is 23.0 Å². The van der Waals surface area contributed by atoms with Gasteiger partial charge in [-0.15, -0.1) is 0 Å². The molecule has 3 rings (SSSR count). The topological polar surface area (TPSA) is 81.0 Å². The number of hydrogen-bond acceptors (Lipinski definition) is 5. The Morgan fingerprint density at radius 3 is 2.81 bits per heavy atom. The summed E-state index contributed by atoms with van der Waals surface area (Å²) < 4.78 is 4.72. The molecule has 2 aromatic carbocycles. The lowest BCUT2D eigenvalue weighted by atomic mass is 10.2. The summed E-state index contributed by atoms with van der Waals surface area (Å²) in [5, 5.41) is 0.727. The van der Waals surface area contributed by atoms with Crippen molar-refractivity contribution < 1.29 is 9.53 Å². The maximum absolute atomic E-state index is 11.6. The number of anilines is 1. The van der Waals surface area contributed by atoms with E-state index in [4.69, 9.17) is 10.5 Å². The summed E-state index contributed by atoms with van der Waals surface area (Å²) in [5.41, 5.74) is 8.65. The number of benzene rings is 2. The van der Waals surface area contributed by atoms with Crippen LogP contribution < -0.4 is 5.73 Å². The molecule has 0 amide bonds. The zero-order valence-corrected chi connectivity index (χ0v) is 12.1. The molecule has 0 saturated heterocycles. The average molecular weight is 299 g/mol. The minimum absolute atomic E-state index is 0.360. The van der Waals surface area contributed by atoms with Gasteiger partial charge in [-0.2, -0.15) is 0 Å². The average Bonchev–Trinajstić information content (AvgIpc) is 2.91. The third-order valence-corrected chi connectivity index (χ3v) is 4.01. The van der Waals surface area contributed by atoms with Crippen LogP contribution in [0.25, 0.3) is 11.0 Å². The fraction of sp³-hybridized carbons (Fsp3) is 0.0667. The van der Waals surface area contributed by atoms with Crippen molar-refractivity contribution in [1.29, 1.82) is 0 Å². The molecule has 0 radical (unpaired) electrons. The van der Waals surface area contributed by atoms with Crippen molar-refractivity contribution in [2.24, 2.45) is 0 Å². The first-order chi connectivity index (χ1) is 10.2. The summed E-state index contributed by atoms with van der Waals surface area (Å²) in [6.45, 7) is 0. The lowest BCUT2D eigenvalue weighted by Crippen LogP contribution is -2.06. The van der Waals surface area contributed by atoms with Gasteiger partial charge in [0.15, 0.2) is 5.16 Å². The van der Waals surface area contributed by atoms with Crippen LogP contribution in [0.4, 0.5) is 5.69 Å². The summed E-state index contributed by atoms with van der Waals surface area (Å²) in [6, 6.07) is 13.0. The molecule has 0 aliphatic heterocycles. The van der Waals surface area contributed by atoms with Crippen LogP contribution in [0.15, 0.2) is 52.5 Å². The number of carbonyl (C=O) groups is 1. The first-order valence-corrected chi connectivity index (χ1v) is 7.10. The maximum Gasteiger partial charge on any atom is 0.339 e. The number of aromatic amines is 1. The number of H-pyrrole nitrogens is 1. The van der Waals surface area contributed by atoms with Gasteiger partial charge in [0.1, 0.15) is 0 Å². The van der Waals surface area contributed by atoms with E-state index < -0.39 is 5.97 Å². The van der Waals surface area contributed by atoms with Gasteiger partial charge in [0.05, 0.1) is 29.4 Å². The van der Waals surface area contributed by atoms with Crippen LogP contribution in [0.3, 0.4) is 0 Å². The minimum Gasteiger partial charge on any atom is -0.465 e. The van der Waals surface area contributed by atoms with Gasteiger partial charge in [-0.3, -0.25) is 0 Å². The van der Waals surface area contributed by atoms with E-state index in [0.29, 0.717) is 11.3 Å². The van der Waals surface area contributed by atoms with E-state index in [9.17, 15) is 4.79 Å².